The lowest BCUT2D eigenvalue weighted by Crippen LogP contribution is -2.53. The second-order valence-corrected chi connectivity index (χ2v) is 10.7. The van der Waals surface area contributed by atoms with Gasteiger partial charge in [-0.05, 0) is 57.7 Å². The highest BCUT2D eigenvalue weighted by Gasteiger charge is 2.77. The molecule has 1 aliphatic carbocycles. The van der Waals surface area contributed by atoms with Gasteiger partial charge in [-0.25, -0.2) is 0 Å². The summed E-state index contributed by atoms with van der Waals surface area (Å²) in [5.41, 5.74) is -1.21. The summed E-state index contributed by atoms with van der Waals surface area (Å²) in [5.74, 6) is -0.237. The number of hydrogen-bond acceptors (Lipinski definition) is 7. The molecule has 2 fully saturated rings. The van der Waals surface area contributed by atoms with Crippen molar-refractivity contribution in [2.24, 2.45) is 10.9 Å². The molecule has 7 nitrogen and oxygen atoms in total. The van der Waals surface area contributed by atoms with Gasteiger partial charge in [0.15, 0.2) is 11.2 Å². The van der Waals surface area contributed by atoms with E-state index in [1.807, 2.05) is 30.3 Å². The molecule has 0 bridgehead atoms. The molecule has 1 saturated carbocycles. The molecule has 3 N–H and O–H groups in total. The third-order valence-corrected chi connectivity index (χ3v) is 7.50. The molecule has 0 aromatic heterocycles. The number of benzene rings is 2. The van der Waals surface area contributed by atoms with E-state index in [0.717, 1.165) is 5.56 Å². The highest BCUT2D eigenvalue weighted by atomic mass is 16.5. The Balaban J connectivity index is 2.08. The van der Waals surface area contributed by atoms with Crippen LogP contribution in [0.5, 0.6) is 0 Å². The van der Waals surface area contributed by atoms with Crippen molar-refractivity contribution in [1.29, 1.82) is 5.26 Å². The van der Waals surface area contributed by atoms with E-state index in [2.05, 4.69) is 43.9 Å². The van der Waals surface area contributed by atoms with Crippen LogP contribution >= 0.6 is 0 Å². The summed E-state index contributed by atoms with van der Waals surface area (Å²) in [6.07, 6.45) is 0.204. The van der Waals surface area contributed by atoms with E-state index in [0.29, 0.717) is 29.0 Å². The van der Waals surface area contributed by atoms with Gasteiger partial charge in [0.05, 0.1) is 36.6 Å². The molecule has 0 spiro atoms. The maximum absolute atomic E-state index is 12.8. The van der Waals surface area contributed by atoms with Gasteiger partial charge in [0.2, 0.25) is 0 Å². The summed E-state index contributed by atoms with van der Waals surface area (Å²) < 4.78 is 12.4. The number of hydrogen-bond donors (Lipinski definition) is 3. The van der Waals surface area contributed by atoms with Gasteiger partial charge >= 0.3 is 0 Å². The lowest BCUT2D eigenvalue weighted by atomic mass is 9.70. The van der Waals surface area contributed by atoms with Gasteiger partial charge in [0.25, 0.3) is 0 Å². The third kappa shape index (κ3) is 4.15. The second kappa shape index (κ2) is 9.79. The summed E-state index contributed by atoms with van der Waals surface area (Å²) in [5, 5.41) is 37.8. The molecule has 1 heterocycles. The van der Waals surface area contributed by atoms with Crippen molar-refractivity contribution in [3.63, 3.8) is 0 Å². The standard InChI is InChI=1S/C30H35N3O4/c1-19(36-6)25-24(18-32-5)37-30(22-14-12-20(16-31)13-15-22)26(21-10-8-7-9-11-21)23(17-33-28(2,3)4)27(34)29(25,30)35/h7-15,18,23,26-27,33-35H,5,17H2,1-4,6H3/b24-18+,25-19-/t23-,26-,27-,29+,30+/m1/s1. The Morgan fingerprint density at radius 1 is 1.22 bits per heavy atom. The fraction of sp³-hybridized carbons (Fsp3) is 0.400. The topological polar surface area (TPSA) is 107 Å². The van der Waals surface area contributed by atoms with Crippen LogP contribution in [0.3, 0.4) is 0 Å². The Morgan fingerprint density at radius 3 is 2.41 bits per heavy atom. The van der Waals surface area contributed by atoms with Gasteiger partial charge in [-0.2, -0.15) is 5.26 Å². The maximum atomic E-state index is 12.8. The van der Waals surface area contributed by atoms with Gasteiger partial charge in [0, 0.05) is 23.9 Å². The monoisotopic (exact) mass is 501 g/mol. The predicted octanol–water partition coefficient (Wildman–Crippen LogP) is 4.14. The number of methoxy groups -OCH3 is 1. The van der Waals surface area contributed by atoms with Crippen LogP contribution < -0.4 is 5.32 Å². The zero-order valence-electron chi connectivity index (χ0n) is 22.0. The summed E-state index contributed by atoms with van der Waals surface area (Å²) in [6, 6.07) is 18.9. The highest BCUT2D eigenvalue weighted by molar-refractivity contribution is 5.57. The van der Waals surface area contributed by atoms with Crippen LogP contribution in [-0.4, -0.2) is 47.8 Å². The lowest BCUT2D eigenvalue weighted by molar-refractivity contribution is -0.131. The highest BCUT2D eigenvalue weighted by Crippen LogP contribution is 2.68. The van der Waals surface area contributed by atoms with E-state index in [-0.39, 0.29) is 11.3 Å². The van der Waals surface area contributed by atoms with Crippen LogP contribution in [0, 0.1) is 17.2 Å². The summed E-state index contributed by atoms with van der Waals surface area (Å²) in [6.45, 7) is 11.9. The smallest absolute Gasteiger partial charge is 0.177 e. The number of ether oxygens (including phenoxy) is 2. The van der Waals surface area contributed by atoms with Crippen LogP contribution in [0.4, 0.5) is 0 Å². The number of allylic oxidation sites excluding steroid dienone is 1. The zero-order valence-corrected chi connectivity index (χ0v) is 22.0. The van der Waals surface area contributed by atoms with Crippen LogP contribution in [0.15, 0.2) is 82.9 Å². The van der Waals surface area contributed by atoms with Crippen molar-refractivity contribution >= 4 is 6.72 Å². The number of rotatable bonds is 6. The van der Waals surface area contributed by atoms with Crippen molar-refractivity contribution in [2.75, 3.05) is 13.7 Å². The Morgan fingerprint density at radius 2 is 1.86 bits per heavy atom. The Hall–Kier alpha value is -3.44. The number of aliphatic hydroxyl groups is 2. The Kier molecular flexibility index (Phi) is 7.04. The largest absolute Gasteiger partial charge is 0.501 e. The molecule has 194 valence electrons. The molecule has 37 heavy (non-hydrogen) atoms. The van der Waals surface area contributed by atoms with E-state index < -0.39 is 29.1 Å². The molecule has 2 aromatic rings. The number of nitriles is 1. The fourth-order valence-electron chi connectivity index (χ4n) is 5.90. The molecule has 0 amide bonds. The lowest BCUT2D eigenvalue weighted by Gasteiger charge is -2.40. The minimum atomic E-state index is -1.90. The number of nitrogens with zero attached hydrogens (tertiary/aromatic N) is 2. The van der Waals surface area contributed by atoms with Gasteiger partial charge < -0.3 is 25.0 Å². The van der Waals surface area contributed by atoms with Gasteiger partial charge in [-0.3, -0.25) is 4.99 Å². The maximum Gasteiger partial charge on any atom is 0.177 e. The number of aliphatic hydroxyl groups excluding tert-OH is 1. The average molecular weight is 502 g/mol. The van der Waals surface area contributed by atoms with E-state index in [1.165, 1.54) is 13.3 Å². The molecule has 2 aromatic carbocycles. The minimum absolute atomic E-state index is 0.220. The van der Waals surface area contributed by atoms with Gasteiger partial charge in [0.1, 0.15) is 11.5 Å². The Bertz CT molecular complexity index is 1260. The van der Waals surface area contributed by atoms with Gasteiger partial charge in [-0.15, -0.1) is 0 Å². The summed E-state index contributed by atoms with van der Waals surface area (Å²) >= 11 is 0. The summed E-state index contributed by atoms with van der Waals surface area (Å²) in [4.78, 5) is 3.93. The average Bonchev–Trinajstić information content (AvgIpc) is 3.25. The van der Waals surface area contributed by atoms with Crippen molar-refractivity contribution in [1.82, 2.24) is 5.32 Å². The molecule has 2 aliphatic rings. The SMILES string of the molecule is C=N/C=C1/O[C@@]2(c3ccc(C#N)cc3)[C@H](c3ccccc3)[C@@H](CNC(C)(C)C)[C@@H](O)[C@@]2(O)/C1=C(/C)OC. The van der Waals surface area contributed by atoms with Crippen LogP contribution in [0.1, 0.15) is 50.3 Å². The van der Waals surface area contributed by atoms with Gasteiger partial charge in [-0.1, -0.05) is 42.5 Å². The van der Waals surface area contributed by atoms with Crippen molar-refractivity contribution in [3.05, 3.63) is 94.6 Å². The van der Waals surface area contributed by atoms with E-state index in [1.54, 1.807) is 31.2 Å². The molecule has 0 unspecified atom stereocenters. The summed E-state index contributed by atoms with van der Waals surface area (Å²) in [7, 11) is 1.51. The first kappa shape index (κ1) is 26.6. The molecular weight excluding hydrogens is 466 g/mol. The van der Waals surface area contributed by atoms with Crippen molar-refractivity contribution in [3.8, 4) is 6.07 Å². The van der Waals surface area contributed by atoms with Crippen LogP contribution in [-0.2, 0) is 15.1 Å². The normalized spacial score (nSPS) is 31.4. The molecule has 7 heteroatoms. The first-order chi connectivity index (χ1) is 17.5. The van der Waals surface area contributed by atoms with Crippen molar-refractivity contribution < 1.29 is 19.7 Å². The zero-order chi connectivity index (χ0) is 27.0. The number of nitrogens with one attached hydrogen (secondary N) is 1. The number of fused-ring (bicyclic) bond motifs is 1. The molecule has 0 radical (unpaired) electrons. The molecule has 4 rings (SSSR count). The molecule has 5 atom stereocenters. The van der Waals surface area contributed by atoms with E-state index >= 15 is 0 Å². The van der Waals surface area contributed by atoms with Crippen LogP contribution in [0.2, 0.25) is 0 Å². The first-order valence-electron chi connectivity index (χ1n) is 12.4. The third-order valence-electron chi connectivity index (χ3n) is 7.50. The van der Waals surface area contributed by atoms with E-state index in [4.69, 9.17) is 9.47 Å². The second-order valence-electron chi connectivity index (χ2n) is 10.7. The Labute approximate surface area is 218 Å². The first-order valence-corrected chi connectivity index (χ1v) is 12.4. The molecular formula is C30H35N3O4. The number of aliphatic imine (C=N–C) groups is 1. The minimum Gasteiger partial charge on any atom is -0.501 e. The van der Waals surface area contributed by atoms with Crippen molar-refractivity contribution in [2.45, 2.75) is 56.5 Å². The van der Waals surface area contributed by atoms with Crippen LogP contribution in [0.25, 0.3) is 0 Å². The predicted molar refractivity (Wildman–Crippen MR) is 143 cm³/mol. The fourth-order valence-corrected chi connectivity index (χ4v) is 5.90. The van der Waals surface area contributed by atoms with E-state index in [9.17, 15) is 15.5 Å². The quantitative estimate of drug-likeness (QED) is 0.406. The molecule has 1 saturated heterocycles. The molecule has 1 aliphatic heterocycles.